The molecule has 202 valence electrons. The Morgan fingerprint density at radius 3 is 2.46 bits per heavy atom. The third-order valence-electron chi connectivity index (χ3n) is 7.14. The molecule has 2 aliphatic rings. The second-order valence-electron chi connectivity index (χ2n) is 10.7. The van der Waals surface area contributed by atoms with Crippen LogP contribution in [0.3, 0.4) is 0 Å². The van der Waals surface area contributed by atoms with Gasteiger partial charge in [0.2, 0.25) is 5.91 Å². The summed E-state index contributed by atoms with van der Waals surface area (Å²) in [7, 11) is 0. The number of amides is 2. The Morgan fingerprint density at radius 1 is 1.13 bits per heavy atom. The maximum atomic E-state index is 13.3. The molecule has 0 radical (unpaired) electrons. The lowest BCUT2D eigenvalue weighted by atomic mass is 10.1. The summed E-state index contributed by atoms with van der Waals surface area (Å²) in [5.74, 6) is -0.141. The first-order chi connectivity index (χ1) is 18.7. The van der Waals surface area contributed by atoms with Crippen molar-refractivity contribution in [1.29, 1.82) is 5.26 Å². The second kappa shape index (κ2) is 11.0. The van der Waals surface area contributed by atoms with Gasteiger partial charge >= 0.3 is 5.69 Å². The van der Waals surface area contributed by atoms with Gasteiger partial charge in [-0.2, -0.15) is 5.26 Å². The Kier molecular flexibility index (Phi) is 7.53. The molecule has 2 fully saturated rings. The lowest BCUT2D eigenvalue weighted by Crippen LogP contribution is -2.41. The number of carbonyl (C=O) groups is 2. The Balaban J connectivity index is 1.26. The molecule has 39 heavy (non-hydrogen) atoms. The lowest BCUT2D eigenvalue weighted by Gasteiger charge is -2.15. The Bertz CT molecular complexity index is 1610. The first-order valence-electron chi connectivity index (χ1n) is 13.1. The topological polar surface area (TPSA) is 139 Å². The van der Waals surface area contributed by atoms with Crippen molar-refractivity contribution in [3.8, 4) is 6.07 Å². The molecule has 10 nitrogen and oxygen atoms in total. The fraction of sp³-hybridized carbons (Fsp3) is 0.429. The van der Waals surface area contributed by atoms with Crippen LogP contribution in [0.5, 0.6) is 0 Å². The van der Waals surface area contributed by atoms with Gasteiger partial charge in [0, 0.05) is 31.7 Å². The highest BCUT2D eigenvalue weighted by molar-refractivity contribution is 6.32. The van der Waals surface area contributed by atoms with Crippen molar-refractivity contribution in [2.24, 2.45) is 17.8 Å². The molecule has 1 atom stereocenters. The molecule has 2 heterocycles. The smallest absolute Gasteiger partial charge is 0.331 e. The van der Waals surface area contributed by atoms with E-state index in [9.17, 15) is 19.2 Å². The van der Waals surface area contributed by atoms with E-state index in [1.807, 2.05) is 13.0 Å². The molecule has 2 amide bonds. The Labute approximate surface area is 229 Å². The minimum Gasteiger partial charge on any atom is -0.350 e. The van der Waals surface area contributed by atoms with Gasteiger partial charge in [0.15, 0.2) is 0 Å². The summed E-state index contributed by atoms with van der Waals surface area (Å²) >= 11 is 6.02. The average Bonchev–Trinajstić information content (AvgIpc) is 3.84. The normalized spacial score (nSPS) is 15.5. The Hall–Kier alpha value is -3.97. The predicted molar refractivity (Wildman–Crippen MR) is 147 cm³/mol. The van der Waals surface area contributed by atoms with Gasteiger partial charge < -0.3 is 10.6 Å². The van der Waals surface area contributed by atoms with Gasteiger partial charge in [-0.15, -0.1) is 0 Å². The van der Waals surface area contributed by atoms with Crippen LogP contribution in [0.1, 0.15) is 55.1 Å². The number of nitrogens with one attached hydrogen (secondary N) is 2. The number of rotatable bonds is 10. The van der Waals surface area contributed by atoms with E-state index in [2.05, 4.69) is 15.6 Å². The molecule has 1 unspecified atom stereocenters. The van der Waals surface area contributed by atoms with Crippen LogP contribution in [-0.2, 0) is 17.9 Å². The van der Waals surface area contributed by atoms with Crippen LogP contribution in [-0.4, -0.2) is 32.5 Å². The number of nitrogens with zero attached hydrogens (tertiary/aromatic N) is 4. The summed E-state index contributed by atoms with van der Waals surface area (Å²) in [6, 6.07) is 8.07. The molecule has 2 aliphatic carbocycles. The highest BCUT2D eigenvalue weighted by Gasteiger charge is 2.28. The number of carbonyl (C=O) groups excluding carboxylic acids is 2. The van der Waals surface area contributed by atoms with Gasteiger partial charge in [-0.1, -0.05) is 18.5 Å². The number of pyridine rings is 1. The van der Waals surface area contributed by atoms with E-state index in [4.69, 9.17) is 16.9 Å². The highest BCUT2D eigenvalue weighted by Crippen LogP contribution is 2.32. The van der Waals surface area contributed by atoms with E-state index in [0.29, 0.717) is 47.1 Å². The zero-order valence-corrected chi connectivity index (χ0v) is 22.3. The monoisotopic (exact) mass is 548 g/mol. The van der Waals surface area contributed by atoms with E-state index in [1.165, 1.54) is 29.0 Å². The van der Waals surface area contributed by atoms with E-state index < -0.39 is 11.5 Å². The van der Waals surface area contributed by atoms with Crippen molar-refractivity contribution in [2.45, 2.75) is 52.1 Å². The van der Waals surface area contributed by atoms with Crippen molar-refractivity contribution in [1.82, 2.24) is 19.4 Å². The fourth-order valence-corrected chi connectivity index (χ4v) is 4.76. The summed E-state index contributed by atoms with van der Waals surface area (Å²) in [5, 5.41) is 15.1. The van der Waals surface area contributed by atoms with Gasteiger partial charge in [-0.05, 0) is 67.7 Å². The fourth-order valence-electron chi connectivity index (χ4n) is 4.54. The van der Waals surface area contributed by atoms with Crippen LogP contribution in [0.25, 0.3) is 10.9 Å². The lowest BCUT2D eigenvalue weighted by molar-refractivity contribution is -0.116. The molecule has 5 rings (SSSR count). The largest absolute Gasteiger partial charge is 0.350 e. The number of hydrogen-bond acceptors (Lipinski definition) is 6. The van der Waals surface area contributed by atoms with E-state index in [-0.39, 0.29) is 41.2 Å². The molecule has 0 bridgehead atoms. The second-order valence-corrected chi connectivity index (χ2v) is 11.1. The highest BCUT2D eigenvalue weighted by atomic mass is 35.5. The van der Waals surface area contributed by atoms with Crippen molar-refractivity contribution < 1.29 is 9.59 Å². The van der Waals surface area contributed by atoms with Gasteiger partial charge in [-0.3, -0.25) is 23.5 Å². The zero-order valence-electron chi connectivity index (χ0n) is 21.6. The standard InChI is InChI=1S/C28H29ClN6O4/c1-16(8-25(36)33-20-7-6-19(11-30)22(29)9-20)12-32-26(37)23-10-21-24(13-31-23)34(14-17-2-3-17)28(39)35(27(21)38)15-18-4-5-18/h6-7,9-10,13,16-18H,2-5,8,12,14-15H2,1H3,(H,32,37)(H,33,36). The molecule has 2 N–H and O–H groups in total. The minimum atomic E-state index is -0.462. The van der Waals surface area contributed by atoms with Crippen molar-refractivity contribution in [2.75, 3.05) is 11.9 Å². The summed E-state index contributed by atoms with van der Waals surface area (Å²) < 4.78 is 2.94. The summed E-state index contributed by atoms with van der Waals surface area (Å²) in [5.41, 5.74) is 0.639. The number of hydrogen-bond donors (Lipinski definition) is 2. The maximum Gasteiger partial charge on any atom is 0.331 e. The quantitative estimate of drug-likeness (QED) is 0.398. The van der Waals surface area contributed by atoms with Crippen molar-refractivity contribution >= 4 is 40.0 Å². The molecular formula is C28H29ClN6O4. The summed E-state index contributed by atoms with van der Waals surface area (Å²) in [4.78, 5) is 56.0. The first kappa shape index (κ1) is 26.6. The van der Waals surface area contributed by atoms with Gasteiger partial charge in [0.1, 0.15) is 11.8 Å². The van der Waals surface area contributed by atoms with Crippen LogP contribution in [0.2, 0.25) is 5.02 Å². The number of aromatic nitrogens is 3. The molecule has 0 aliphatic heterocycles. The summed E-state index contributed by atoms with van der Waals surface area (Å²) in [6.07, 6.45) is 5.71. The number of fused-ring (bicyclic) bond motifs is 1. The molecule has 0 saturated heterocycles. The molecule has 0 spiro atoms. The molecule has 2 aromatic heterocycles. The molecule has 3 aromatic rings. The molecule has 1 aromatic carbocycles. The van der Waals surface area contributed by atoms with E-state index in [0.717, 1.165) is 25.7 Å². The maximum absolute atomic E-state index is 13.3. The first-order valence-corrected chi connectivity index (χ1v) is 13.5. The van der Waals surface area contributed by atoms with Gasteiger partial charge in [0.05, 0.1) is 27.7 Å². The predicted octanol–water partition coefficient (Wildman–Crippen LogP) is 3.30. The van der Waals surface area contributed by atoms with Crippen LogP contribution >= 0.6 is 11.6 Å². The third-order valence-corrected chi connectivity index (χ3v) is 7.45. The molecule has 2 saturated carbocycles. The average molecular weight is 549 g/mol. The molecular weight excluding hydrogens is 520 g/mol. The Morgan fingerprint density at radius 2 is 1.82 bits per heavy atom. The van der Waals surface area contributed by atoms with Gasteiger partial charge in [-0.25, -0.2) is 9.78 Å². The minimum absolute atomic E-state index is 0.0815. The van der Waals surface area contributed by atoms with E-state index in [1.54, 1.807) is 10.6 Å². The van der Waals surface area contributed by atoms with Crippen molar-refractivity contribution in [3.63, 3.8) is 0 Å². The SMILES string of the molecule is CC(CNC(=O)c1cc2c(=O)n(CC3CC3)c(=O)n(CC3CC3)c2cn1)CC(=O)Nc1ccc(C#N)c(Cl)c1. The zero-order chi connectivity index (χ0) is 27.7. The van der Waals surface area contributed by atoms with Gasteiger partial charge in [0.25, 0.3) is 11.5 Å². The van der Waals surface area contributed by atoms with Crippen LogP contribution in [0.4, 0.5) is 5.69 Å². The number of anilines is 1. The van der Waals surface area contributed by atoms with Crippen LogP contribution in [0, 0.1) is 29.1 Å². The summed E-state index contributed by atoms with van der Waals surface area (Å²) in [6.45, 7) is 2.98. The molecule has 11 heteroatoms. The third kappa shape index (κ3) is 6.20. The van der Waals surface area contributed by atoms with Crippen LogP contribution in [0.15, 0.2) is 40.1 Å². The number of nitriles is 1. The number of benzene rings is 1. The van der Waals surface area contributed by atoms with Crippen molar-refractivity contribution in [3.05, 3.63) is 67.6 Å². The number of halogens is 1. The van der Waals surface area contributed by atoms with E-state index >= 15 is 0 Å². The van der Waals surface area contributed by atoms with Crippen LogP contribution < -0.4 is 21.9 Å².